The van der Waals surface area contributed by atoms with E-state index >= 15 is 0 Å². The highest BCUT2D eigenvalue weighted by Crippen LogP contribution is 2.17. The summed E-state index contributed by atoms with van der Waals surface area (Å²) in [6, 6.07) is 7.06. The van der Waals surface area contributed by atoms with Crippen LogP contribution in [0.15, 0.2) is 24.3 Å². The molecule has 0 fully saturated rings. The van der Waals surface area contributed by atoms with Gasteiger partial charge in [-0.3, -0.25) is 0 Å². The SMILES string of the molecule is CC(C)C(C)(O)CN(C)CCc1ccccc1C(=O)O. The second kappa shape index (κ2) is 6.86. The van der Waals surface area contributed by atoms with Crippen molar-refractivity contribution in [2.45, 2.75) is 32.8 Å². The van der Waals surface area contributed by atoms with Crippen molar-refractivity contribution in [3.8, 4) is 0 Å². The minimum atomic E-state index is -0.891. The molecule has 0 bridgehead atoms. The Morgan fingerprint density at radius 2 is 1.95 bits per heavy atom. The van der Waals surface area contributed by atoms with E-state index in [4.69, 9.17) is 5.11 Å². The lowest BCUT2D eigenvalue weighted by Crippen LogP contribution is -2.43. The van der Waals surface area contributed by atoms with Crippen molar-refractivity contribution in [2.24, 2.45) is 5.92 Å². The summed E-state index contributed by atoms with van der Waals surface area (Å²) in [7, 11) is 1.94. The molecular formula is C16H25NO3. The van der Waals surface area contributed by atoms with Gasteiger partial charge in [0.2, 0.25) is 0 Å². The lowest BCUT2D eigenvalue weighted by Gasteiger charge is -2.32. The van der Waals surface area contributed by atoms with Crippen LogP contribution in [0.5, 0.6) is 0 Å². The molecule has 20 heavy (non-hydrogen) atoms. The van der Waals surface area contributed by atoms with Crippen LogP contribution in [0.3, 0.4) is 0 Å². The predicted molar refractivity (Wildman–Crippen MR) is 80.1 cm³/mol. The first kappa shape index (κ1) is 16.7. The maximum Gasteiger partial charge on any atom is 0.335 e. The third kappa shape index (κ3) is 4.62. The minimum Gasteiger partial charge on any atom is -0.478 e. The largest absolute Gasteiger partial charge is 0.478 e. The maximum absolute atomic E-state index is 11.1. The van der Waals surface area contributed by atoms with Gasteiger partial charge in [-0.2, -0.15) is 0 Å². The summed E-state index contributed by atoms with van der Waals surface area (Å²) in [6.45, 7) is 7.10. The molecule has 1 aromatic rings. The average Bonchev–Trinajstić information content (AvgIpc) is 2.35. The quantitative estimate of drug-likeness (QED) is 0.804. The normalized spacial score (nSPS) is 14.6. The Hall–Kier alpha value is -1.39. The number of aliphatic hydroxyl groups is 1. The fourth-order valence-corrected chi connectivity index (χ4v) is 2.07. The number of nitrogens with zero attached hydrogens (tertiary/aromatic N) is 1. The van der Waals surface area contributed by atoms with Gasteiger partial charge < -0.3 is 15.1 Å². The number of likely N-dealkylation sites (N-methyl/N-ethyl adjacent to an activating group) is 1. The molecule has 0 aliphatic carbocycles. The van der Waals surface area contributed by atoms with E-state index in [0.717, 1.165) is 5.56 Å². The summed E-state index contributed by atoms with van der Waals surface area (Å²) in [4.78, 5) is 13.2. The zero-order valence-electron chi connectivity index (χ0n) is 12.8. The molecule has 0 aromatic heterocycles. The standard InChI is InChI=1S/C16H25NO3/c1-12(2)16(3,20)11-17(4)10-9-13-7-5-6-8-14(13)15(18)19/h5-8,12,20H,9-11H2,1-4H3,(H,18,19). The number of rotatable bonds is 7. The zero-order valence-corrected chi connectivity index (χ0v) is 12.8. The van der Waals surface area contributed by atoms with Crippen LogP contribution in [-0.4, -0.2) is 46.8 Å². The highest BCUT2D eigenvalue weighted by atomic mass is 16.4. The Morgan fingerprint density at radius 3 is 2.50 bits per heavy atom. The Labute approximate surface area is 121 Å². The molecule has 1 rings (SSSR count). The van der Waals surface area contributed by atoms with Crippen molar-refractivity contribution in [1.29, 1.82) is 0 Å². The molecular weight excluding hydrogens is 254 g/mol. The van der Waals surface area contributed by atoms with E-state index in [1.165, 1.54) is 0 Å². The van der Waals surface area contributed by atoms with Crippen molar-refractivity contribution in [2.75, 3.05) is 20.1 Å². The molecule has 1 aromatic carbocycles. The van der Waals surface area contributed by atoms with Crippen LogP contribution >= 0.6 is 0 Å². The van der Waals surface area contributed by atoms with Crippen molar-refractivity contribution < 1.29 is 15.0 Å². The number of carboxylic acids is 1. The van der Waals surface area contributed by atoms with E-state index in [9.17, 15) is 9.90 Å². The topological polar surface area (TPSA) is 60.8 Å². The number of carbonyl (C=O) groups is 1. The van der Waals surface area contributed by atoms with Gasteiger partial charge in [-0.25, -0.2) is 4.79 Å². The van der Waals surface area contributed by atoms with Gasteiger partial charge in [0.15, 0.2) is 0 Å². The molecule has 0 amide bonds. The molecule has 0 saturated carbocycles. The first-order valence-corrected chi connectivity index (χ1v) is 6.96. The summed E-state index contributed by atoms with van der Waals surface area (Å²) >= 11 is 0. The molecule has 0 aliphatic heterocycles. The Balaban J connectivity index is 2.62. The lowest BCUT2D eigenvalue weighted by atomic mass is 9.92. The predicted octanol–water partition coefficient (Wildman–Crippen LogP) is 2.27. The Kier molecular flexibility index (Phi) is 5.72. The minimum absolute atomic E-state index is 0.177. The highest BCUT2D eigenvalue weighted by molar-refractivity contribution is 5.89. The van der Waals surface area contributed by atoms with Gasteiger partial charge >= 0.3 is 5.97 Å². The summed E-state index contributed by atoms with van der Waals surface area (Å²) in [5.74, 6) is -0.714. The molecule has 1 atom stereocenters. The van der Waals surface area contributed by atoms with Crippen LogP contribution in [0.25, 0.3) is 0 Å². The molecule has 0 spiro atoms. The number of hydrogen-bond acceptors (Lipinski definition) is 3. The lowest BCUT2D eigenvalue weighted by molar-refractivity contribution is -0.0128. The van der Waals surface area contributed by atoms with E-state index in [0.29, 0.717) is 25.1 Å². The van der Waals surface area contributed by atoms with Crippen LogP contribution in [0.4, 0.5) is 0 Å². The van der Waals surface area contributed by atoms with Crippen molar-refractivity contribution in [3.05, 3.63) is 35.4 Å². The first-order chi connectivity index (χ1) is 9.24. The smallest absolute Gasteiger partial charge is 0.335 e. The van der Waals surface area contributed by atoms with Crippen LogP contribution < -0.4 is 0 Å². The van der Waals surface area contributed by atoms with Gasteiger partial charge in [0.05, 0.1) is 11.2 Å². The zero-order chi connectivity index (χ0) is 15.3. The molecule has 0 radical (unpaired) electrons. The molecule has 0 saturated heterocycles. The van der Waals surface area contributed by atoms with E-state index in [2.05, 4.69) is 0 Å². The van der Waals surface area contributed by atoms with Gasteiger partial charge in [-0.15, -0.1) is 0 Å². The van der Waals surface area contributed by atoms with Crippen molar-refractivity contribution in [1.82, 2.24) is 4.90 Å². The monoisotopic (exact) mass is 279 g/mol. The molecule has 4 nitrogen and oxygen atoms in total. The number of benzene rings is 1. The van der Waals surface area contributed by atoms with Gasteiger partial charge in [0, 0.05) is 13.1 Å². The van der Waals surface area contributed by atoms with Crippen LogP contribution in [-0.2, 0) is 6.42 Å². The van der Waals surface area contributed by atoms with Crippen LogP contribution in [0.1, 0.15) is 36.7 Å². The fourth-order valence-electron chi connectivity index (χ4n) is 2.07. The highest BCUT2D eigenvalue weighted by Gasteiger charge is 2.26. The summed E-state index contributed by atoms with van der Waals surface area (Å²) in [6.07, 6.45) is 0.660. The summed E-state index contributed by atoms with van der Waals surface area (Å²) in [5, 5.41) is 19.4. The Morgan fingerprint density at radius 1 is 1.35 bits per heavy atom. The van der Waals surface area contributed by atoms with E-state index in [1.54, 1.807) is 12.1 Å². The van der Waals surface area contributed by atoms with Gasteiger partial charge in [0.25, 0.3) is 0 Å². The van der Waals surface area contributed by atoms with E-state index in [1.807, 2.05) is 44.9 Å². The molecule has 1 unspecified atom stereocenters. The summed E-state index contributed by atoms with van der Waals surface area (Å²) in [5.41, 5.74) is 0.453. The number of aromatic carboxylic acids is 1. The molecule has 2 N–H and O–H groups in total. The second-order valence-corrected chi connectivity index (χ2v) is 5.96. The van der Waals surface area contributed by atoms with Gasteiger partial charge in [-0.05, 0) is 37.9 Å². The summed E-state index contributed by atoms with van der Waals surface area (Å²) < 4.78 is 0. The van der Waals surface area contributed by atoms with Crippen molar-refractivity contribution in [3.63, 3.8) is 0 Å². The van der Waals surface area contributed by atoms with Gasteiger partial charge in [0.1, 0.15) is 0 Å². The van der Waals surface area contributed by atoms with Crippen LogP contribution in [0.2, 0.25) is 0 Å². The average molecular weight is 279 g/mol. The molecule has 0 heterocycles. The Bertz CT molecular complexity index is 455. The first-order valence-electron chi connectivity index (χ1n) is 6.96. The van der Waals surface area contributed by atoms with Crippen LogP contribution in [0, 0.1) is 5.92 Å². The third-order valence-corrected chi connectivity index (χ3v) is 3.84. The van der Waals surface area contributed by atoms with Crippen molar-refractivity contribution >= 4 is 5.97 Å². The number of hydrogen-bond donors (Lipinski definition) is 2. The van der Waals surface area contributed by atoms with E-state index in [-0.39, 0.29) is 5.92 Å². The maximum atomic E-state index is 11.1. The van der Waals surface area contributed by atoms with E-state index < -0.39 is 11.6 Å². The van der Waals surface area contributed by atoms with Gasteiger partial charge in [-0.1, -0.05) is 32.0 Å². The molecule has 4 heteroatoms. The second-order valence-electron chi connectivity index (χ2n) is 5.96. The third-order valence-electron chi connectivity index (χ3n) is 3.84. The molecule has 0 aliphatic rings. The molecule has 112 valence electrons. The fraction of sp³-hybridized carbons (Fsp3) is 0.562. The number of carboxylic acid groups (broad SMARTS) is 1.